The molecular formula is C17H25NO2. The number of amides is 1. The molecule has 0 bridgehead atoms. The summed E-state index contributed by atoms with van der Waals surface area (Å²) >= 11 is 0. The third-order valence-corrected chi connectivity index (χ3v) is 3.18. The molecule has 0 aromatic heterocycles. The zero-order valence-electron chi connectivity index (χ0n) is 13.1. The first-order valence-corrected chi connectivity index (χ1v) is 7.10. The van der Waals surface area contributed by atoms with Gasteiger partial charge in [0, 0.05) is 11.3 Å². The van der Waals surface area contributed by atoms with Gasteiger partial charge in [0.1, 0.15) is 0 Å². The molecule has 3 heteroatoms. The summed E-state index contributed by atoms with van der Waals surface area (Å²) in [6, 6.07) is 9.31. The molecule has 0 spiro atoms. The minimum atomic E-state index is -0.469. The van der Waals surface area contributed by atoms with E-state index < -0.39 is 11.5 Å². The molecule has 0 aliphatic rings. The largest absolute Gasteiger partial charge is 0.346 e. The fraction of sp³-hybridized carbons (Fsp3) is 0.529. The van der Waals surface area contributed by atoms with Gasteiger partial charge in [-0.25, -0.2) is 0 Å². The number of carbonyl (C=O) groups is 2. The molecule has 0 aliphatic carbocycles. The topological polar surface area (TPSA) is 46.2 Å². The van der Waals surface area contributed by atoms with Gasteiger partial charge in [-0.2, -0.15) is 0 Å². The molecule has 0 unspecified atom stereocenters. The van der Waals surface area contributed by atoms with Crippen molar-refractivity contribution in [3.63, 3.8) is 0 Å². The maximum atomic E-state index is 12.5. The summed E-state index contributed by atoms with van der Waals surface area (Å²) in [6.07, 6.45) is 0.537. The van der Waals surface area contributed by atoms with Crippen LogP contribution in [-0.2, 0) is 16.0 Å². The molecule has 0 saturated heterocycles. The van der Waals surface area contributed by atoms with Gasteiger partial charge < -0.3 is 5.32 Å². The molecular weight excluding hydrogens is 250 g/mol. The molecule has 1 aromatic rings. The van der Waals surface area contributed by atoms with Crippen LogP contribution in [0.15, 0.2) is 30.3 Å². The minimum absolute atomic E-state index is 0.0651. The van der Waals surface area contributed by atoms with Gasteiger partial charge in [0.2, 0.25) is 5.91 Å². The van der Waals surface area contributed by atoms with Gasteiger partial charge in [-0.1, -0.05) is 65.0 Å². The van der Waals surface area contributed by atoms with Crippen molar-refractivity contribution in [2.75, 3.05) is 0 Å². The van der Waals surface area contributed by atoms with Crippen LogP contribution in [0.25, 0.3) is 0 Å². The quantitative estimate of drug-likeness (QED) is 0.898. The highest BCUT2D eigenvalue weighted by molar-refractivity contribution is 5.93. The summed E-state index contributed by atoms with van der Waals surface area (Å²) in [5.74, 6) is -0.139. The first-order valence-electron chi connectivity index (χ1n) is 7.10. The Bertz CT molecular complexity index is 458. The molecule has 0 fully saturated rings. The number of carbonyl (C=O) groups excluding carboxylic acids is 2. The zero-order chi connectivity index (χ0) is 15.3. The molecule has 0 radical (unpaired) electrons. The van der Waals surface area contributed by atoms with Gasteiger partial charge in [0.25, 0.3) is 0 Å². The molecule has 1 N–H and O–H groups in total. The molecule has 20 heavy (non-hydrogen) atoms. The maximum absolute atomic E-state index is 12.5. The number of nitrogens with one attached hydrogen (secondary N) is 1. The summed E-state index contributed by atoms with van der Waals surface area (Å²) in [4.78, 5) is 24.4. The van der Waals surface area contributed by atoms with Crippen LogP contribution < -0.4 is 5.32 Å². The van der Waals surface area contributed by atoms with Crippen LogP contribution in [0, 0.1) is 11.3 Å². The van der Waals surface area contributed by atoms with Gasteiger partial charge in [-0.3, -0.25) is 9.59 Å². The smallest absolute Gasteiger partial charge is 0.223 e. The fourth-order valence-corrected chi connectivity index (χ4v) is 1.92. The van der Waals surface area contributed by atoms with Crippen LogP contribution in [0.5, 0.6) is 0 Å². The fourth-order valence-electron chi connectivity index (χ4n) is 1.92. The summed E-state index contributed by atoms with van der Waals surface area (Å²) < 4.78 is 0. The summed E-state index contributed by atoms with van der Waals surface area (Å²) in [5, 5.41) is 2.88. The number of benzene rings is 1. The molecule has 1 atom stereocenters. The van der Waals surface area contributed by atoms with E-state index in [2.05, 4.69) is 5.32 Å². The predicted molar refractivity (Wildman–Crippen MR) is 81.4 cm³/mol. The Labute approximate surface area is 121 Å². The average molecular weight is 275 g/mol. The molecule has 0 aliphatic heterocycles. The second-order valence-electron chi connectivity index (χ2n) is 6.52. The molecule has 1 amide bonds. The zero-order valence-corrected chi connectivity index (χ0v) is 13.1. The molecule has 0 saturated carbocycles. The Morgan fingerprint density at radius 2 is 1.65 bits per heavy atom. The van der Waals surface area contributed by atoms with Crippen molar-refractivity contribution >= 4 is 11.7 Å². The van der Waals surface area contributed by atoms with E-state index in [0.717, 1.165) is 5.56 Å². The van der Waals surface area contributed by atoms with Crippen molar-refractivity contribution in [1.82, 2.24) is 5.32 Å². The lowest BCUT2D eigenvalue weighted by molar-refractivity contribution is -0.133. The van der Waals surface area contributed by atoms with Crippen molar-refractivity contribution in [2.24, 2.45) is 11.3 Å². The minimum Gasteiger partial charge on any atom is -0.346 e. The lowest BCUT2D eigenvalue weighted by atomic mass is 9.84. The predicted octanol–water partition coefficient (Wildman–Crippen LogP) is 2.99. The normalized spacial score (nSPS) is 13.1. The second kappa shape index (κ2) is 6.69. The van der Waals surface area contributed by atoms with Gasteiger partial charge in [0.15, 0.2) is 5.78 Å². The Morgan fingerprint density at radius 3 is 2.10 bits per heavy atom. The molecule has 110 valence electrons. The Kier molecular flexibility index (Phi) is 5.49. The SMILES string of the molecule is CC(C)C(=O)N[C@H](Cc1ccccc1)C(=O)C(C)(C)C. The van der Waals surface area contributed by atoms with E-state index in [4.69, 9.17) is 0 Å². The Hall–Kier alpha value is -1.64. The van der Waals surface area contributed by atoms with Crippen LogP contribution in [0.1, 0.15) is 40.2 Å². The maximum Gasteiger partial charge on any atom is 0.223 e. The van der Waals surface area contributed by atoms with Crippen LogP contribution in [0.2, 0.25) is 0 Å². The standard InChI is InChI=1S/C17H25NO2/c1-12(2)16(20)18-14(15(19)17(3,4)5)11-13-9-7-6-8-10-13/h6-10,12,14H,11H2,1-5H3,(H,18,20)/t14-/m1/s1. The van der Waals surface area contributed by atoms with Crippen molar-refractivity contribution in [2.45, 2.75) is 47.1 Å². The summed E-state index contributed by atoms with van der Waals surface area (Å²) in [6.45, 7) is 9.31. The van der Waals surface area contributed by atoms with E-state index in [1.54, 1.807) is 0 Å². The first kappa shape index (κ1) is 16.4. The van der Waals surface area contributed by atoms with Crippen LogP contribution in [-0.4, -0.2) is 17.7 Å². The summed E-state index contributed by atoms with van der Waals surface area (Å²) in [7, 11) is 0. The van der Waals surface area contributed by atoms with E-state index >= 15 is 0 Å². The molecule has 0 heterocycles. The number of ketones is 1. The van der Waals surface area contributed by atoms with Gasteiger partial charge >= 0.3 is 0 Å². The Morgan fingerprint density at radius 1 is 1.10 bits per heavy atom. The van der Waals surface area contributed by atoms with Crippen molar-refractivity contribution < 1.29 is 9.59 Å². The second-order valence-corrected chi connectivity index (χ2v) is 6.52. The van der Waals surface area contributed by atoms with Crippen molar-refractivity contribution in [3.8, 4) is 0 Å². The molecule has 1 rings (SSSR count). The number of rotatable bonds is 5. The molecule has 3 nitrogen and oxygen atoms in total. The Balaban J connectivity index is 2.90. The lowest BCUT2D eigenvalue weighted by Crippen LogP contribution is -2.48. The van der Waals surface area contributed by atoms with E-state index in [1.165, 1.54) is 0 Å². The number of hydrogen-bond acceptors (Lipinski definition) is 2. The van der Waals surface area contributed by atoms with Crippen molar-refractivity contribution in [1.29, 1.82) is 0 Å². The summed E-state index contributed by atoms with van der Waals surface area (Å²) in [5.41, 5.74) is 0.586. The van der Waals surface area contributed by atoms with Crippen LogP contribution in [0.4, 0.5) is 0 Å². The van der Waals surface area contributed by atoms with E-state index in [1.807, 2.05) is 65.0 Å². The number of hydrogen-bond donors (Lipinski definition) is 1. The van der Waals surface area contributed by atoms with E-state index in [9.17, 15) is 9.59 Å². The number of Topliss-reactive ketones (excluding diaryl/α,β-unsaturated/α-hetero) is 1. The van der Waals surface area contributed by atoms with E-state index in [0.29, 0.717) is 6.42 Å². The van der Waals surface area contributed by atoms with Crippen LogP contribution in [0.3, 0.4) is 0 Å². The van der Waals surface area contributed by atoms with E-state index in [-0.39, 0.29) is 17.6 Å². The van der Waals surface area contributed by atoms with Gasteiger partial charge in [0.05, 0.1) is 6.04 Å². The highest BCUT2D eigenvalue weighted by Crippen LogP contribution is 2.19. The average Bonchev–Trinajstić information content (AvgIpc) is 2.37. The highest BCUT2D eigenvalue weighted by atomic mass is 16.2. The highest BCUT2D eigenvalue weighted by Gasteiger charge is 2.31. The third kappa shape index (κ3) is 4.80. The first-order chi connectivity index (χ1) is 9.21. The molecule has 1 aromatic carbocycles. The lowest BCUT2D eigenvalue weighted by Gasteiger charge is -2.26. The van der Waals surface area contributed by atoms with Gasteiger partial charge in [-0.05, 0) is 12.0 Å². The van der Waals surface area contributed by atoms with Crippen LogP contribution >= 0.6 is 0 Å². The van der Waals surface area contributed by atoms with Crippen molar-refractivity contribution in [3.05, 3.63) is 35.9 Å². The van der Waals surface area contributed by atoms with Gasteiger partial charge in [-0.15, -0.1) is 0 Å². The third-order valence-electron chi connectivity index (χ3n) is 3.18. The monoisotopic (exact) mass is 275 g/mol.